The van der Waals surface area contributed by atoms with Gasteiger partial charge in [0.2, 0.25) is 5.91 Å². The average molecular weight is 240 g/mol. The molecule has 0 aromatic heterocycles. The highest BCUT2D eigenvalue weighted by Crippen LogP contribution is 1.92. The molecule has 0 rings (SSSR count). The monoisotopic (exact) mass is 240 g/mol. The molecule has 0 saturated carbocycles. The second kappa shape index (κ2) is 7.22. The number of amides is 3. The lowest BCUT2D eigenvalue weighted by molar-refractivity contribution is -0.147. The van der Waals surface area contributed by atoms with Crippen molar-refractivity contribution >= 4 is 17.7 Å². The summed E-state index contributed by atoms with van der Waals surface area (Å²) in [4.78, 5) is 36.7. The van der Waals surface area contributed by atoms with Crippen LogP contribution in [0.2, 0.25) is 0 Å². The lowest BCUT2D eigenvalue weighted by Crippen LogP contribution is -2.47. The van der Waals surface area contributed by atoms with Gasteiger partial charge in [0.1, 0.15) is 13.1 Å². The van der Waals surface area contributed by atoms with Gasteiger partial charge >= 0.3 is 11.8 Å². The van der Waals surface area contributed by atoms with Gasteiger partial charge in [-0.1, -0.05) is 0 Å². The molecule has 1 N–H and O–H groups in total. The number of carbonyl (C=O) groups is 3. The van der Waals surface area contributed by atoms with Crippen LogP contribution in [0, 0.1) is 11.3 Å². The van der Waals surface area contributed by atoms with Crippen LogP contribution in [0.3, 0.4) is 0 Å². The van der Waals surface area contributed by atoms with Crippen LogP contribution in [-0.4, -0.2) is 61.3 Å². The number of nitriles is 1. The molecule has 0 fully saturated rings. The summed E-state index contributed by atoms with van der Waals surface area (Å²) in [5.41, 5.74) is 0. The molecule has 0 saturated heterocycles. The zero-order chi connectivity index (χ0) is 13.4. The third-order valence-electron chi connectivity index (χ3n) is 2.02. The fourth-order valence-electron chi connectivity index (χ4n) is 0.971. The minimum absolute atomic E-state index is 0.150. The third-order valence-corrected chi connectivity index (χ3v) is 2.02. The quantitative estimate of drug-likeness (QED) is 0.481. The number of likely N-dealkylation sites (N-methyl/N-ethyl adjacent to an activating group) is 2. The van der Waals surface area contributed by atoms with Crippen LogP contribution in [0.5, 0.6) is 0 Å². The summed E-state index contributed by atoms with van der Waals surface area (Å²) in [6.45, 7) is 1.53. The molecule has 0 atom stereocenters. The molecule has 0 aliphatic carbocycles. The molecule has 3 amide bonds. The van der Waals surface area contributed by atoms with Crippen LogP contribution < -0.4 is 5.32 Å². The first-order chi connectivity index (χ1) is 7.93. The van der Waals surface area contributed by atoms with Gasteiger partial charge in [-0.25, -0.2) is 0 Å². The van der Waals surface area contributed by atoms with Gasteiger partial charge in [-0.3, -0.25) is 14.4 Å². The molecule has 0 aromatic rings. The summed E-state index contributed by atoms with van der Waals surface area (Å²) in [7, 11) is 3.13. The molecule has 0 heterocycles. The average Bonchev–Trinajstić information content (AvgIpc) is 2.31. The summed E-state index contributed by atoms with van der Waals surface area (Å²) < 4.78 is 0. The zero-order valence-electron chi connectivity index (χ0n) is 10.2. The Morgan fingerprint density at radius 2 is 1.88 bits per heavy atom. The van der Waals surface area contributed by atoms with Crippen LogP contribution in [0.1, 0.15) is 6.92 Å². The normalized spacial score (nSPS) is 9.06. The van der Waals surface area contributed by atoms with E-state index in [0.717, 1.165) is 4.90 Å². The van der Waals surface area contributed by atoms with E-state index in [4.69, 9.17) is 5.26 Å². The summed E-state index contributed by atoms with van der Waals surface area (Å²) in [6, 6.07) is 1.69. The number of nitrogens with zero attached hydrogens (tertiary/aromatic N) is 3. The van der Waals surface area contributed by atoms with E-state index < -0.39 is 11.8 Å². The number of carbonyl (C=O) groups excluding carboxylic acids is 3. The lowest BCUT2D eigenvalue weighted by Gasteiger charge is -2.21. The van der Waals surface area contributed by atoms with Gasteiger partial charge in [0.15, 0.2) is 0 Å². The van der Waals surface area contributed by atoms with Crippen LogP contribution in [-0.2, 0) is 14.4 Å². The Kier molecular flexibility index (Phi) is 6.33. The molecule has 94 valence electrons. The first kappa shape index (κ1) is 14.9. The molecule has 7 nitrogen and oxygen atoms in total. The highest BCUT2D eigenvalue weighted by atomic mass is 16.2. The fourth-order valence-corrected chi connectivity index (χ4v) is 0.971. The van der Waals surface area contributed by atoms with Gasteiger partial charge in [-0.05, 0) is 6.92 Å². The highest BCUT2D eigenvalue weighted by molar-refractivity contribution is 6.35. The SMILES string of the molecule is CCN(CC(=O)N(C)C)C(=O)C(=O)NCC#N. The molecular formula is C10H16N4O3. The molecule has 0 bridgehead atoms. The molecule has 0 spiro atoms. The summed E-state index contributed by atoms with van der Waals surface area (Å²) in [5, 5.41) is 10.4. The zero-order valence-corrected chi connectivity index (χ0v) is 10.2. The molecule has 0 aliphatic heterocycles. The van der Waals surface area contributed by atoms with E-state index in [9.17, 15) is 14.4 Å². The second-order valence-electron chi connectivity index (χ2n) is 3.45. The number of rotatable bonds is 4. The van der Waals surface area contributed by atoms with E-state index in [0.29, 0.717) is 0 Å². The largest absolute Gasteiger partial charge is 0.347 e. The van der Waals surface area contributed by atoms with Crippen LogP contribution in [0.25, 0.3) is 0 Å². The number of hydrogen-bond acceptors (Lipinski definition) is 4. The van der Waals surface area contributed by atoms with Crippen molar-refractivity contribution in [2.75, 3.05) is 33.7 Å². The predicted octanol–water partition coefficient (Wildman–Crippen LogP) is -1.44. The van der Waals surface area contributed by atoms with E-state index >= 15 is 0 Å². The minimum atomic E-state index is -0.875. The lowest BCUT2D eigenvalue weighted by atomic mass is 10.4. The first-order valence-corrected chi connectivity index (χ1v) is 5.08. The van der Waals surface area contributed by atoms with Gasteiger partial charge in [0, 0.05) is 20.6 Å². The third kappa shape index (κ3) is 4.97. The highest BCUT2D eigenvalue weighted by Gasteiger charge is 2.22. The smallest absolute Gasteiger partial charge is 0.312 e. The second-order valence-corrected chi connectivity index (χ2v) is 3.45. The van der Waals surface area contributed by atoms with Crippen molar-refractivity contribution in [1.29, 1.82) is 5.26 Å². The molecule has 0 aliphatic rings. The van der Waals surface area contributed by atoms with Gasteiger partial charge in [0.25, 0.3) is 0 Å². The molecule has 17 heavy (non-hydrogen) atoms. The van der Waals surface area contributed by atoms with Crippen molar-refractivity contribution in [3.63, 3.8) is 0 Å². The van der Waals surface area contributed by atoms with Crippen molar-refractivity contribution in [3.05, 3.63) is 0 Å². The molecular weight excluding hydrogens is 224 g/mol. The number of nitrogens with one attached hydrogen (secondary N) is 1. The summed E-state index contributed by atoms with van der Waals surface area (Å²) >= 11 is 0. The Balaban J connectivity index is 4.46. The van der Waals surface area contributed by atoms with Crippen LogP contribution in [0.15, 0.2) is 0 Å². The van der Waals surface area contributed by atoms with Gasteiger partial charge in [-0.15, -0.1) is 0 Å². The van der Waals surface area contributed by atoms with Gasteiger partial charge in [-0.2, -0.15) is 5.26 Å². The first-order valence-electron chi connectivity index (χ1n) is 5.08. The van der Waals surface area contributed by atoms with Crippen LogP contribution in [0.4, 0.5) is 0 Å². The molecule has 7 heteroatoms. The van der Waals surface area contributed by atoms with E-state index in [2.05, 4.69) is 5.32 Å². The predicted molar refractivity (Wildman–Crippen MR) is 59.6 cm³/mol. The molecule has 0 radical (unpaired) electrons. The van der Waals surface area contributed by atoms with Crippen LogP contribution >= 0.6 is 0 Å². The van der Waals surface area contributed by atoms with Crippen molar-refractivity contribution in [3.8, 4) is 6.07 Å². The Morgan fingerprint density at radius 1 is 1.29 bits per heavy atom. The standard InChI is InChI=1S/C10H16N4O3/c1-4-14(7-8(15)13(2)3)10(17)9(16)12-6-5-11/h4,6-7H2,1-3H3,(H,12,16). The maximum atomic E-state index is 11.6. The molecule has 0 unspecified atom stereocenters. The van der Waals surface area contributed by atoms with Crippen molar-refractivity contribution in [2.24, 2.45) is 0 Å². The van der Waals surface area contributed by atoms with E-state index in [-0.39, 0.29) is 25.5 Å². The Hall–Kier alpha value is -2.10. The van der Waals surface area contributed by atoms with E-state index in [1.54, 1.807) is 27.1 Å². The van der Waals surface area contributed by atoms with Crippen molar-refractivity contribution in [2.45, 2.75) is 6.92 Å². The van der Waals surface area contributed by atoms with Crippen molar-refractivity contribution in [1.82, 2.24) is 15.1 Å². The fraction of sp³-hybridized carbons (Fsp3) is 0.600. The topological polar surface area (TPSA) is 93.5 Å². The van der Waals surface area contributed by atoms with E-state index in [1.165, 1.54) is 4.90 Å². The Labute approximate surface area is 100.0 Å². The minimum Gasteiger partial charge on any atom is -0.347 e. The van der Waals surface area contributed by atoms with Gasteiger partial charge in [0.05, 0.1) is 6.07 Å². The molecule has 0 aromatic carbocycles. The Morgan fingerprint density at radius 3 is 2.29 bits per heavy atom. The maximum absolute atomic E-state index is 11.6. The maximum Gasteiger partial charge on any atom is 0.312 e. The van der Waals surface area contributed by atoms with Gasteiger partial charge < -0.3 is 15.1 Å². The Bertz CT molecular complexity index is 346. The van der Waals surface area contributed by atoms with E-state index in [1.807, 2.05) is 0 Å². The number of hydrogen-bond donors (Lipinski definition) is 1. The van der Waals surface area contributed by atoms with Crippen molar-refractivity contribution < 1.29 is 14.4 Å². The summed E-state index contributed by atoms with van der Waals surface area (Å²) in [5.74, 6) is -1.95. The summed E-state index contributed by atoms with van der Waals surface area (Å²) in [6.07, 6.45) is 0.